The van der Waals surface area contributed by atoms with Crippen LogP contribution in [0.25, 0.3) is 0 Å². The van der Waals surface area contributed by atoms with Crippen LogP contribution >= 0.6 is 15.9 Å². The molecule has 0 bridgehead atoms. The number of rotatable bonds is 10. The van der Waals surface area contributed by atoms with Crippen molar-refractivity contribution in [3.8, 4) is 0 Å². The van der Waals surface area contributed by atoms with Gasteiger partial charge in [0.05, 0.1) is 13.2 Å². The Morgan fingerprint density at radius 3 is 2.50 bits per heavy atom. The molecule has 20 heavy (non-hydrogen) atoms. The molecule has 0 amide bonds. The fourth-order valence-corrected chi connectivity index (χ4v) is 1.88. The molecule has 4 nitrogen and oxygen atoms in total. The Balaban J connectivity index is 2.20. The van der Waals surface area contributed by atoms with Crippen LogP contribution in [-0.2, 0) is 14.2 Å². The lowest BCUT2D eigenvalue weighted by Crippen LogP contribution is -2.23. The van der Waals surface area contributed by atoms with Crippen LogP contribution in [0.3, 0.4) is 0 Å². The maximum Gasteiger partial charge on any atom is 0.191 e. The Kier molecular flexibility index (Phi) is 8.69. The summed E-state index contributed by atoms with van der Waals surface area (Å²) in [6.45, 7) is 4.00. The van der Waals surface area contributed by atoms with Gasteiger partial charge in [-0.2, -0.15) is 0 Å². The van der Waals surface area contributed by atoms with E-state index in [4.69, 9.17) is 14.2 Å². The molecule has 1 rings (SSSR count). The summed E-state index contributed by atoms with van der Waals surface area (Å²) in [6, 6.07) is 7.26. The van der Waals surface area contributed by atoms with E-state index in [0.29, 0.717) is 32.0 Å². The molecule has 1 aromatic carbocycles. The smallest absolute Gasteiger partial charge is 0.191 e. The maximum absolute atomic E-state index is 12.1. The summed E-state index contributed by atoms with van der Waals surface area (Å²) in [5.41, 5.74) is 0.654. The Morgan fingerprint density at radius 1 is 1.15 bits per heavy atom. The number of carbonyl (C=O) groups is 1. The molecule has 1 unspecified atom stereocenters. The lowest BCUT2D eigenvalue weighted by Gasteiger charge is -2.12. The normalized spacial score (nSPS) is 12.3. The maximum atomic E-state index is 12.1. The molecule has 0 aliphatic carbocycles. The summed E-state index contributed by atoms with van der Waals surface area (Å²) in [6.07, 6.45) is 0.405. The monoisotopic (exact) mass is 344 g/mol. The fraction of sp³-hybridized carbons (Fsp3) is 0.533. The quantitative estimate of drug-likeness (QED) is 0.483. The molecular weight excluding hydrogens is 324 g/mol. The molecule has 0 aliphatic heterocycles. The number of hydrogen-bond acceptors (Lipinski definition) is 4. The van der Waals surface area contributed by atoms with Crippen LogP contribution in [0, 0.1) is 0 Å². The van der Waals surface area contributed by atoms with E-state index >= 15 is 0 Å². The molecule has 0 aromatic heterocycles. The van der Waals surface area contributed by atoms with Gasteiger partial charge in [-0.25, -0.2) is 0 Å². The van der Waals surface area contributed by atoms with Crippen LogP contribution in [0.4, 0.5) is 0 Å². The number of ether oxygens (including phenoxy) is 3. The molecule has 0 aliphatic rings. The van der Waals surface area contributed by atoms with Crippen molar-refractivity contribution in [2.75, 3.05) is 33.5 Å². The highest BCUT2D eigenvalue weighted by Gasteiger charge is 2.15. The van der Waals surface area contributed by atoms with Gasteiger partial charge in [-0.1, -0.05) is 28.1 Å². The van der Waals surface area contributed by atoms with E-state index in [2.05, 4.69) is 15.9 Å². The minimum atomic E-state index is -0.459. The van der Waals surface area contributed by atoms with Gasteiger partial charge in [0.2, 0.25) is 0 Å². The number of carbonyl (C=O) groups excluding carboxylic acids is 1. The highest BCUT2D eigenvalue weighted by Crippen LogP contribution is 2.12. The van der Waals surface area contributed by atoms with Gasteiger partial charge in [-0.15, -0.1) is 0 Å². The first-order valence-electron chi connectivity index (χ1n) is 6.63. The molecular formula is C15H21BrO4. The van der Waals surface area contributed by atoms with Crippen LogP contribution < -0.4 is 0 Å². The first-order chi connectivity index (χ1) is 9.65. The number of hydrogen-bond donors (Lipinski definition) is 0. The van der Waals surface area contributed by atoms with E-state index in [1.807, 2.05) is 12.1 Å². The zero-order chi connectivity index (χ0) is 14.8. The average molecular weight is 345 g/mol. The lowest BCUT2D eigenvalue weighted by atomic mass is 10.1. The second kappa shape index (κ2) is 10.0. The second-order valence-electron chi connectivity index (χ2n) is 4.34. The number of methoxy groups -OCH3 is 1. The Bertz CT molecular complexity index is 391. The zero-order valence-corrected chi connectivity index (χ0v) is 13.5. The van der Waals surface area contributed by atoms with Gasteiger partial charge in [0.15, 0.2) is 5.78 Å². The van der Waals surface area contributed by atoms with Crippen molar-refractivity contribution in [2.24, 2.45) is 0 Å². The summed E-state index contributed by atoms with van der Waals surface area (Å²) in [7, 11) is 1.67. The van der Waals surface area contributed by atoms with Gasteiger partial charge in [0, 0.05) is 30.4 Å². The van der Waals surface area contributed by atoms with Gasteiger partial charge in [-0.05, 0) is 25.5 Å². The number of halogens is 1. The topological polar surface area (TPSA) is 44.8 Å². The van der Waals surface area contributed by atoms with Crippen LogP contribution in [-0.4, -0.2) is 45.4 Å². The molecule has 0 heterocycles. The fourth-order valence-electron chi connectivity index (χ4n) is 1.62. The molecule has 0 radical (unpaired) electrons. The molecule has 0 N–H and O–H groups in total. The summed E-state index contributed by atoms with van der Waals surface area (Å²) in [4.78, 5) is 12.1. The molecule has 0 spiro atoms. The summed E-state index contributed by atoms with van der Waals surface area (Å²) in [5, 5.41) is 0. The summed E-state index contributed by atoms with van der Waals surface area (Å²) < 4.78 is 16.7. The first-order valence-corrected chi connectivity index (χ1v) is 7.42. The van der Waals surface area contributed by atoms with Crippen LogP contribution in [0.15, 0.2) is 28.7 Å². The molecule has 0 saturated heterocycles. The van der Waals surface area contributed by atoms with Gasteiger partial charge >= 0.3 is 0 Å². The molecule has 5 heteroatoms. The zero-order valence-electron chi connectivity index (χ0n) is 11.9. The minimum absolute atomic E-state index is 0.0168. The van der Waals surface area contributed by atoms with Crippen molar-refractivity contribution < 1.29 is 19.0 Å². The Hall–Kier alpha value is -0.750. The average Bonchev–Trinajstić information content (AvgIpc) is 2.46. The SMILES string of the molecule is COCCCOCCOC(C)C(=O)c1ccc(Br)cc1. The van der Waals surface area contributed by atoms with Crippen molar-refractivity contribution in [3.05, 3.63) is 34.3 Å². The highest BCUT2D eigenvalue weighted by atomic mass is 79.9. The standard InChI is InChI=1S/C15H21BrO4/c1-12(20-11-10-19-9-3-8-18-2)15(17)13-4-6-14(16)7-5-13/h4-7,12H,3,8-11H2,1-2H3. The van der Waals surface area contributed by atoms with E-state index in [-0.39, 0.29) is 5.78 Å². The molecule has 0 saturated carbocycles. The van der Waals surface area contributed by atoms with Gasteiger partial charge in [0.25, 0.3) is 0 Å². The lowest BCUT2D eigenvalue weighted by molar-refractivity contribution is 0.0116. The van der Waals surface area contributed by atoms with Crippen LogP contribution in [0.2, 0.25) is 0 Å². The molecule has 0 fully saturated rings. The number of benzene rings is 1. The van der Waals surface area contributed by atoms with E-state index < -0.39 is 6.10 Å². The van der Waals surface area contributed by atoms with E-state index in [0.717, 1.165) is 10.9 Å². The Morgan fingerprint density at radius 2 is 1.85 bits per heavy atom. The third-order valence-corrected chi connectivity index (χ3v) is 3.26. The molecule has 112 valence electrons. The number of Topliss-reactive ketones (excluding diaryl/α,β-unsaturated/α-hetero) is 1. The van der Waals surface area contributed by atoms with Crippen molar-refractivity contribution >= 4 is 21.7 Å². The van der Waals surface area contributed by atoms with Crippen molar-refractivity contribution in [3.63, 3.8) is 0 Å². The van der Waals surface area contributed by atoms with Gasteiger partial charge in [0.1, 0.15) is 6.10 Å². The van der Waals surface area contributed by atoms with Gasteiger partial charge in [-0.3, -0.25) is 4.79 Å². The predicted molar refractivity (Wildman–Crippen MR) is 81.2 cm³/mol. The van der Waals surface area contributed by atoms with Crippen LogP contribution in [0.5, 0.6) is 0 Å². The summed E-state index contributed by atoms with van der Waals surface area (Å²) in [5.74, 6) is -0.0168. The minimum Gasteiger partial charge on any atom is -0.385 e. The third kappa shape index (κ3) is 6.61. The highest BCUT2D eigenvalue weighted by molar-refractivity contribution is 9.10. The largest absolute Gasteiger partial charge is 0.385 e. The first kappa shape index (κ1) is 17.3. The van der Waals surface area contributed by atoms with E-state index in [1.165, 1.54) is 0 Å². The predicted octanol–water partition coefficient (Wildman–Crippen LogP) is 3.09. The number of ketones is 1. The van der Waals surface area contributed by atoms with Crippen molar-refractivity contribution in [1.82, 2.24) is 0 Å². The van der Waals surface area contributed by atoms with Crippen LogP contribution in [0.1, 0.15) is 23.7 Å². The molecule has 1 atom stereocenters. The second-order valence-corrected chi connectivity index (χ2v) is 5.26. The Labute approximate surface area is 128 Å². The third-order valence-electron chi connectivity index (χ3n) is 2.73. The van der Waals surface area contributed by atoms with E-state index in [9.17, 15) is 4.79 Å². The summed E-state index contributed by atoms with van der Waals surface area (Å²) >= 11 is 3.34. The van der Waals surface area contributed by atoms with Crippen molar-refractivity contribution in [1.29, 1.82) is 0 Å². The van der Waals surface area contributed by atoms with Gasteiger partial charge < -0.3 is 14.2 Å². The van der Waals surface area contributed by atoms with E-state index in [1.54, 1.807) is 26.2 Å². The molecule has 1 aromatic rings. The van der Waals surface area contributed by atoms with Crippen molar-refractivity contribution in [2.45, 2.75) is 19.4 Å².